The third kappa shape index (κ3) is 9.20. The summed E-state index contributed by atoms with van der Waals surface area (Å²) in [6.07, 6.45) is 6.95. The number of thioether (sulfide) groups is 1. The van der Waals surface area contributed by atoms with Crippen LogP contribution in [0.4, 0.5) is 0 Å². The Bertz CT molecular complexity index is 682. The predicted molar refractivity (Wildman–Crippen MR) is 136 cm³/mol. The van der Waals surface area contributed by atoms with Crippen LogP contribution >= 0.6 is 35.7 Å². The lowest BCUT2D eigenvalue weighted by molar-refractivity contribution is -0.127. The smallest absolute Gasteiger partial charge is 0.241 e. The molecular weight excluding hydrogens is 515 g/mol. The highest BCUT2D eigenvalue weighted by Gasteiger charge is 2.18. The molecule has 1 aromatic carbocycles. The van der Waals surface area contributed by atoms with Crippen LogP contribution in [0.3, 0.4) is 0 Å². The molecule has 1 aromatic rings. The van der Waals surface area contributed by atoms with Crippen LogP contribution in [0.1, 0.15) is 31.2 Å². The van der Waals surface area contributed by atoms with Gasteiger partial charge in [-0.1, -0.05) is 0 Å². The molecule has 170 valence electrons. The first-order chi connectivity index (χ1) is 14.0. The largest absolute Gasteiger partial charge is 0.497 e. The van der Waals surface area contributed by atoms with Gasteiger partial charge in [-0.3, -0.25) is 4.79 Å². The lowest BCUT2D eigenvalue weighted by atomic mass is 10.2. The quantitative estimate of drug-likeness (QED) is 0.202. The van der Waals surface area contributed by atoms with Crippen molar-refractivity contribution in [1.82, 2.24) is 15.5 Å². The molecule has 0 spiro atoms. The average Bonchev–Trinajstić information content (AvgIpc) is 3.23. The molecular formula is C21H35IN4O3S. The third-order valence-corrected chi connectivity index (χ3v) is 5.39. The number of halogens is 1. The van der Waals surface area contributed by atoms with Gasteiger partial charge >= 0.3 is 0 Å². The summed E-state index contributed by atoms with van der Waals surface area (Å²) in [5, 5.41) is 6.40. The minimum atomic E-state index is -0.000861. The second-order valence-corrected chi connectivity index (χ2v) is 8.21. The minimum Gasteiger partial charge on any atom is -0.497 e. The van der Waals surface area contributed by atoms with Gasteiger partial charge in [0.15, 0.2) is 5.96 Å². The van der Waals surface area contributed by atoms with Crippen LogP contribution in [0.5, 0.6) is 11.5 Å². The van der Waals surface area contributed by atoms with Crippen molar-refractivity contribution in [3.8, 4) is 11.5 Å². The Morgan fingerprint density at radius 1 is 1.27 bits per heavy atom. The molecule has 7 nitrogen and oxygen atoms in total. The number of methoxy groups -OCH3 is 1. The van der Waals surface area contributed by atoms with Gasteiger partial charge in [0.05, 0.1) is 26.3 Å². The van der Waals surface area contributed by atoms with Gasteiger partial charge in [0.1, 0.15) is 11.5 Å². The first-order valence-corrected chi connectivity index (χ1v) is 11.5. The second kappa shape index (κ2) is 14.6. The molecule has 2 N–H and O–H groups in total. The van der Waals surface area contributed by atoms with Gasteiger partial charge in [0.2, 0.25) is 5.91 Å². The zero-order chi connectivity index (χ0) is 21.1. The van der Waals surface area contributed by atoms with Gasteiger partial charge in [0.25, 0.3) is 0 Å². The molecule has 30 heavy (non-hydrogen) atoms. The van der Waals surface area contributed by atoms with Crippen molar-refractivity contribution in [1.29, 1.82) is 0 Å². The van der Waals surface area contributed by atoms with Gasteiger partial charge < -0.3 is 25.0 Å². The van der Waals surface area contributed by atoms with Crippen LogP contribution in [0.2, 0.25) is 0 Å². The molecule has 2 rings (SSSR count). The maximum absolute atomic E-state index is 11.9. The summed E-state index contributed by atoms with van der Waals surface area (Å²) in [7, 11) is 5.14. The van der Waals surface area contributed by atoms with Gasteiger partial charge in [-0.2, -0.15) is 11.8 Å². The Labute approximate surface area is 201 Å². The molecule has 0 aromatic heterocycles. The molecule has 0 atom stereocenters. The number of nitrogens with zero attached hydrogens (tertiary/aromatic N) is 2. The fraction of sp³-hybridized carbons (Fsp3) is 0.619. The summed E-state index contributed by atoms with van der Waals surface area (Å²) in [5.74, 6) is 3.18. The summed E-state index contributed by atoms with van der Waals surface area (Å²) in [5.41, 5.74) is 1.00. The standard InChI is InChI=1S/C21H34N4O3S.HI/c1-25(2)20(26)15-24-21(22-11-12-29-4)23-14-16-9-10-18(27-3)13-19(16)28-17-7-5-6-8-17;/h9-10,13,17H,5-8,11-12,14-15H2,1-4H3,(H2,22,23,24);1H. The molecule has 9 heteroatoms. The number of amides is 1. The zero-order valence-corrected chi connectivity index (χ0v) is 21.5. The Balaban J connectivity index is 0.00000450. The number of carbonyl (C=O) groups excluding carboxylic acids is 1. The molecule has 0 bridgehead atoms. The van der Waals surface area contributed by atoms with E-state index in [2.05, 4.69) is 21.9 Å². The molecule has 0 heterocycles. The van der Waals surface area contributed by atoms with Gasteiger partial charge in [-0.25, -0.2) is 4.99 Å². The number of rotatable bonds is 10. The first kappa shape index (κ1) is 26.7. The van der Waals surface area contributed by atoms with Gasteiger partial charge in [-0.15, -0.1) is 24.0 Å². The monoisotopic (exact) mass is 550 g/mol. The summed E-state index contributed by atoms with van der Waals surface area (Å²) in [4.78, 5) is 18.2. The number of hydrogen-bond acceptors (Lipinski definition) is 5. The molecule has 0 radical (unpaired) electrons. The topological polar surface area (TPSA) is 75.2 Å². The molecule has 1 saturated carbocycles. The Morgan fingerprint density at radius 3 is 2.63 bits per heavy atom. The number of likely N-dealkylation sites (N-methyl/N-ethyl adjacent to an activating group) is 1. The molecule has 1 aliphatic carbocycles. The number of hydrogen-bond donors (Lipinski definition) is 2. The lowest BCUT2D eigenvalue weighted by Crippen LogP contribution is -2.43. The van der Waals surface area contributed by atoms with Crippen LogP contribution in [0.25, 0.3) is 0 Å². The molecule has 0 saturated heterocycles. The van der Waals surface area contributed by atoms with E-state index < -0.39 is 0 Å². The predicted octanol–water partition coefficient (Wildman–Crippen LogP) is 3.12. The number of ether oxygens (including phenoxy) is 2. The molecule has 1 amide bonds. The third-order valence-electron chi connectivity index (χ3n) is 4.78. The first-order valence-electron chi connectivity index (χ1n) is 10.1. The Morgan fingerprint density at radius 2 is 2.00 bits per heavy atom. The Kier molecular flexibility index (Phi) is 13.0. The second-order valence-electron chi connectivity index (χ2n) is 7.22. The van der Waals surface area contributed by atoms with Crippen LogP contribution < -0.4 is 20.1 Å². The SMILES string of the molecule is COc1ccc(CN=C(NCCSC)NCC(=O)N(C)C)c(OC2CCCC2)c1.I. The van der Waals surface area contributed by atoms with Crippen molar-refractivity contribution in [3.05, 3.63) is 23.8 Å². The highest BCUT2D eigenvalue weighted by atomic mass is 127. The van der Waals surface area contributed by atoms with Crippen LogP contribution in [0, 0.1) is 0 Å². The molecule has 0 aliphatic heterocycles. The van der Waals surface area contributed by atoms with Crippen LogP contribution in [-0.2, 0) is 11.3 Å². The van der Waals surface area contributed by atoms with Crippen molar-refractivity contribution in [2.45, 2.75) is 38.3 Å². The number of carbonyl (C=O) groups is 1. The van der Waals surface area contributed by atoms with E-state index >= 15 is 0 Å². The fourth-order valence-electron chi connectivity index (χ4n) is 3.02. The highest BCUT2D eigenvalue weighted by Crippen LogP contribution is 2.30. The minimum absolute atomic E-state index is 0. The van der Waals surface area contributed by atoms with Crippen LogP contribution in [-0.4, -0.2) is 69.2 Å². The van der Waals surface area contributed by atoms with E-state index in [0.29, 0.717) is 12.5 Å². The number of nitrogens with one attached hydrogen (secondary N) is 2. The van der Waals surface area contributed by atoms with E-state index in [1.807, 2.05) is 18.2 Å². The average molecular weight is 551 g/mol. The van der Waals surface area contributed by atoms with E-state index in [-0.39, 0.29) is 42.5 Å². The van der Waals surface area contributed by atoms with Crippen molar-refractivity contribution in [3.63, 3.8) is 0 Å². The summed E-state index contributed by atoms with van der Waals surface area (Å²) in [6.45, 7) is 1.43. The summed E-state index contributed by atoms with van der Waals surface area (Å²) >= 11 is 1.76. The van der Waals surface area contributed by atoms with Crippen LogP contribution in [0.15, 0.2) is 23.2 Å². The summed E-state index contributed by atoms with van der Waals surface area (Å²) in [6, 6.07) is 5.86. The maximum atomic E-state index is 11.9. The summed E-state index contributed by atoms with van der Waals surface area (Å²) < 4.78 is 11.6. The van der Waals surface area contributed by atoms with E-state index in [9.17, 15) is 4.79 Å². The van der Waals surface area contributed by atoms with E-state index in [1.165, 1.54) is 12.8 Å². The maximum Gasteiger partial charge on any atom is 0.241 e. The van der Waals surface area contributed by atoms with E-state index in [0.717, 1.165) is 42.2 Å². The zero-order valence-electron chi connectivity index (χ0n) is 18.4. The van der Waals surface area contributed by atoms with Gasteiger partial charge in [-0.05, 0) is 44.1 Å². The molecule has 0 unspecified atom stereocenters. The van der Waals surface area contributed by atoms with E-state index in [4.69, 9.17) is 9.47 Å². The number of guanidine groups is 1. The van der Waals surface area contributed by atoms with Crippen molar-refractivity contribution >= 4 is 47.6 Å². The normalized spacial score (nSPS) is 14.1. The Hall–Kier alpha value is -1.36. The number of benzene rings is 1. The number of aliphatic imine (C=N–C) groups is 1. The van der Waals surface area contributed by atoms with Crippen molar-refractivity contribution < 1.29 is 14.3 Å². The van der Waals surface area contributed by atoms with Gasteiger partial charge in [0, 0.05) is 38.0 Å². The highest BCUT2D eigenvalue weighted by molar-refractivity contribution is 14.0. The van der Waals surface area contributed by atoms with Crippen molar-refractivity contribution in [2.24, 2.45) is 4.99 Å². The van der Waals surface area contributed by atoms with E-state index in [1.54, 1.807) is 37.9 Å². The van der Waals surface area contributed by atoms with Crippen molar-refractivity contribution in [2.75, 3.05) is 46.3 Å². The molecule has 1 fully saturated rings. The fourth-order valence-corrected chi connectivity index (χ4v) is 3.32. The molecule has 1 aliphatic rings. The lowest BCUT2D eigenvalue weighted by Gasteiger charge is -2.18.